The number of esters is 1. The van der Waals surface area contributed by atoms with Gasteiger partial charge in [-0.3, -0.25) is 14.5 Å². The van der Waals surface area contributed by atoms with Gasteiger partial charge < -0.3 is 10.1 Å². The molecular weight excluding hydrogens is 519 g/mol. The van der Waals surface area contributed by atoms with Crippen molar-refractivity contribution in [1.29, 1.82) is 0 Å². The molecule has 0 bridgehead atoms. The number of aliphatic imine (C=N–C) groups is 1. The molecule has 3 aromatic carbocycles. The maximum atomic E-state index is 13.3. The molecule has 0 unspecified atom stereocenters. The van der Waals surface area contributed by atoms with E-state index in [2.05, 4.69) is 15.0 Å². The zero-order valence-electron chi connectivity index (χ0n) is 20.1. The maximum absolute atomic E-state index is 13.3. The molecule has 3 aromatic rings. The normalized spacial score (nSPS) is 16.5. The van der Waals surface area contributed by atoms with Crippen LogP contribution in [0.25, 0.3) is 0 Å². The molecule has 7 nitrogen and oxygen atoms in total. The van der Waals surface area contributed by atoms with Crippen molar-refractivity contribution >= 4 is 46.1 Å². The number of methoxy groups -OCH3 is 1. The quantitative estimate of drug-likeness (QED) is 0.391. The number of amides is 2. The molecule has 38 heavy (non-hydrogen) atoms. The van der Waals surface area contributed by atoms with Crippen molar-refractivity contribution < 1.29 is 32.3 Å². The van der Waals surface area contributed by atoms with Gasteiger partial charge in [0.05, 0.1) is 30.5 Å². The number of nitrogens with one attached hydrogen (secondary N) is 1. The number of ether oxygens (including phenoxy) is 1. The molecule has 1 saturated heterocycles. The number of halogens is 3. The fraction of sp³-hybridized carbons (Fsp3) is 0.185. The summed E-state index contributed by atoms with van der Waals surface area (Å²) in [5.74, 6) is -1.26. The average molecular weight is 542 g/mol. The van der Waals surface area contributed by atoms with Crippen molar-refractivity contribution in [3.05, 3.63) is 95.6 Å². The van der Waals surface area contributed by atoms with E-state index in [0.717, 1.165) is 29.5 Å². The predicted molar refractivity (Wildman–Crippen MR) is 138 cm³/mol. The maximum Gasteiger partial charge on any atom is 0.416 e. The fourth-order valence-electron chi connectivity index (χ4n) is 3.66. The van der Waals surface area contributed by atoms with Crippen LogP contribution in [0.5, 0.6) is 0 Å². The van der Waals surface area contributed by atoms with Crippen LogP contribution in [0.3, 0.4) is 0 Å². The summed E-state index contributed by atoms with van der Waals surface area (Å²) in [6.07, 6.45) is -4.62. The highest BCUT2D eigenvalue weighted by atomic mass is 32.2. The highest BCUT2D eigenvalue weighted by Crippen LogP contribution is 2.34. The van der Waals surface area contributed by atoms with Crippen molar-refractivity contribution in [1.82, 2.24) is 4.90 Å². The topological polar surface area (TPSA) is 88.1 Å². The van der Waals surface area contributed by atoms with Gasteiger partial charge in [0.1, 0.15) is 5.25 Å². The molecule has 0 aromatic heterocycles. The van der Waals surface area contributed by atoms with Gasteiger partial charge in [-0.05, 0) is 54.1 Å². The van der Waals surface area contributed by atoms with Crippen molar-refractivity contribution in [3.8, 4) is 0 Å². The first-order valence-corrected chi connectivity index (χ1v) is 12.3. The van der Waals surface area contributed by atoms with Gasteiger partial charge in [0.25, 0.3) is 0 Å². The molecular formula is C27H22F3N3O4S. The second-order valence-electron chi connectivity index (χ2n) is 8.28. The number of hydrogen-bond acceptors (Lipinski definition) is 6. The number of benzene rings is 3. The molecule has 1 aliphatic heterocycles. The largest absolute Gasteiger partial charge is 0.465 e. The number of rotatable bonds is 7. The molecule has 4 rings (SSSR count). The molecule has 2 amide bonds. The summed E-state index contributed by atoms with van der Waals surface area (Å²) in [6, 6.07) is 19.6. The van der Waals surface area contributed by atoms with Gasteiger partial charge in [0, 0.05) is 12.1 Å². The van der Waals surface area contributed by atoms with E-state index in [-0.39, 0.29) is 24.6 Å². The van der Waals surface area contributed by atoms with Gasteiger partial charge in [-0.2, -0.15) is 13.2 Å². The standard InChI is InChI=1S/C27H22F3N3O4S/c1-37-25(36)18-7-11-20(12-8-18)31-23(34)15-22-24(35)33(16-17-5-3-2-4-6-17)26(38-22)32-21-13-9-19(10-14-21)27(28,29)30/h2-14,22H,15-16H2,1H3,(H,31,34)/t22-/m0/s1. The van der Waals surface area contributed by atoms with Crippen molar-refractivity contribution in [2.24, 2.45) is 4.99 Å². The zero-order valence-corrected chi connectivity index (χ0v) is 20.9. The van der Waals surface area contributed by atoms with Crippen molar-refractivity contribution in [2.75, 3.05) is 12.4 Å². The summed E-state index contributed by atoms with van der Waals surface area (Å²) in [7, 11) is 1.27. The highest BCUT2D eigenvalue weighted by Gasteiger charge is 2.39. The Hall–Kier alpha value is -4.12. The smallest absolute Gasteiger partial charge is 0.416 e. The summed E-state index contributed by atoms with van der Waals surface area (Å²) in [5.41, 5.74) is 1.05. The minimum atomic E-state index is -4.47. The van der Waals surface area contributed by atoms with Gasteiger partial charge in [-0.1, -0.05) is 42.1 Å². The summed E-state index contributed by atoms with van der Waals surface area (Å²) < 4.78 is 43.4. The van der Waals surface area contributed by atoms with Crippen LogP contribution >= 0.6 is 11.8 Å². The predicted octanol–water partition coefficient (Wildman–Crippen LogP) is 5.65. The van der Waals surface area contributed by atoms with E-state index in [4.69, 9.17) is 0 Å². The fourth-order valence-corrected chi connectivity index (χ4v) is 4.82. The molecule has 11 heteroatoms. The number of anilines is 1. The van der Waals surface area contributed by atoms with Crippen LogP contribution in [0.1, 0.15) is 27.9 Å². The van der Waals surface area contributed by atoms with Crippen LogP contribution in [0, 0.1) is 0 Å². The summed E-state index contributed by atoms with van der Waals surface area (Å²) in [6.45, 7) is 0.194. The first kappa shape index (κ1) is 26.9. The number of thioether (sulfide) groups is 1. The third-order valence-electron chi connectivity index (χ3n) is 5.58. The van der Waals surface area contributed by atoms with Gasteiger partial charge in [-0.25, -0.2) is 9.79 Å². The average Bonchev–Trinajstić information content (AvgIpc) is 3.17. The van der Waals surface area contributed by atoms with Crippen molar-refractivity contribution in [2.45, 2.75) is 24.4 Å². The Morgan fingerprint density at radius 1 is 1.00 bits per heavy atom. The number of carbonyl (C=O) groups excluding carboxylic acids is 3. The number of nitrogens with zero attached hydrogens (tertiary/aromatic N) is 2. The second kappa shape index (κ2) is 11.5. The highest BCUT2D eigenvalue weighted by molar-refractivity contribution is 8.15. The number of amidine groups is 1. The lowest BCUT2D eigenvalue weighted by Gasteiger charge is -2.16. The number of alkyl halides is 3. The van der Waals surface area contributed by atoms with E-state index in [1.807, 2.05) is 30.3 Å². The second-order valence-corrected chi connectivity index (χ2v) is 9.45. The Labute approximate surface area is 220 Å². The molecule has 0 aliphatic carbocycles. The monoisotopic (exact) mass is 541 g/mol. The molecule has 1 aliphatic rings. The van der Waals surface area contributed by atoms with Crippen molar-refractivity contribution in [3.63, 3.8) is 0 Å². The van der Waals surface area contributed by atoms with Crippen LogP contribution in [-0.4, -0.2) is 40.2 Å². The summed E-state index contributed by atoms with van der Waals surface area (Å²) in [4.78, 5) is 43.4. The SMILES string of the molecule is COC(=O)c1ccc(NC(=O)C[C@@H]2SC(=Nc3ccc(C(F)(F)F)cc3)N(Cc3ccccc3)C2=O)cc1. The summed E-state index contributed by atoms with van der Waals surface area (Å²) >= 11 is 1.08. The van der Waals surface area contributed by atoms with Crippen LogP contribution in [0.15, 0.2) is 83.9 Å². The third-order valence-corrected chi connectivity index (χ3v) is 6.76. The van der Waals surface area contributed by atoms with E-state index >= 15 is 0 Å². The van der Waals surface area contributed by atoms with E-state index in [1.54, 1.807) is 12.1 Å². The molecule has 0 radical (unpaired) electrons. The third kappa shape index (κ3) is 6.60. The van der Waals surface area contributed by atoms with E-state index in [0.29, 0.717) is 16.4 Å². The van der Waals surface area contributed by atoms with Crippen LogP contribution in [-0.2, 0) is 27.0 Å². The number of carbonyl (C=O) groups is 3. The molecule has 1 fully saturated rings. The Bertz CT molecular complexity index is 1340. The minimum absolute atomic E-state index is 0.153. The van der Waals surface area contributed by atoms with E-state index < -0.39 is 28.9 Å². The van der Waals surface area contributed by atoms with Crippen LogP contribution in [0.2, 0.25) is 0 Å². The van der Waals surface area contributed by atoms with Gasteiger partial charge in [0.15, 0.2) is 5.17 Å². The molecule has 1 atom stereocenters. The van der Waals surface area contributed by atoms with Crippen LogP contribution in [0.4, 0.5) is 24.5 Å². The Kier molecular flexibility index (Phi) is 8.16. The lowest BCUT2D eigenvalue weighted by Crippen LogP contribution is -2.33. The lowest BCUT2D eigenvalue weighted by molar-refractivity contribution is -0.137. The Balaban J connectivity index is 1.51. The minimum Gasteiger partial charge on any atom is -0.465 e. The van der Waals surface area contributed by atoms with E-state index in [1.165, 1.54) is 36.3 Å². The molecule has 196 valence electrons. The number of hydrogen-bond donors (Lipinski definition) is 1. The first-order valence-electron chi connectivity index (χ1n) is 11.4. The first-order chi connectivity index (χ1) is 18.1. The Morgan fingerprint density at radius 3 is 2.26 bits per heavy atom. The molecule has 0 spiro atoms. The summed E-state index contributed by atoms with van der Waals surface area (Å²) in [5, 5.41) is 2.22. The van der Waals surface area contributed by atoms with Gasteiger partial charge >= 0.3 is 12.1 Å². The molecule has 1 N–H and O–H groups in total. The molecule has 1 heterocycles. The van der Waals surface area contributed by atoms with Gasteiger partial charge in [0.2, 0.25) is 11.8 Å². The molecule has 0 saturated carbocycles. The van der Waals surface area contributed by atoms with Crippen LogP contribution < -0.4 is 5.32 Å². The zero-order chi connectivity index (χ0) is 27.3. The van der Waals surface area contributed by atoms with Gasteiger partial charge in [-0.15, -0.1) is 0 Å². The Morgan fingerprint density at radius 2 is 1.66 bits per heavy atom. The van der Waals surface area contributed by atoms with E-state index in [9.17, 15) is 27.6 Å². The lowest BCUT2D eigenvalue weighted by atomic mass is 10.2.